The van der Waals surface area contributed by atoms with Crippen molar-refractivity contribution in [2.75, 3.05) is 19.6 Å². The molecule has 1 saturated heterocycles. The van der Waals surface area contributed by atoms with Crippen LogP contribution < -0.4 is 14.8 Å². The maximum absolute atomic E-state index is 12.1. The van der Waals surface area contributed by atoms with E-state index in [1.165, 1.54) is 0 Å². The fraction of sp³-hybridized carbons (Fsp3) is 0.538. The minimum atomic E-state index is -3.49. The van der Waals surface area contributed by atoms with Crippen molar-refractivity contribution in [3.05, 3.63) is 24.3 Å². The van der Waals surface area contributed by atoms with Gasteiger partial charge in [-0.2, -0.15) is 0 Å². The zero-order chi connectivity index (χ0) is 13.7. The van der Waals surface area contributed by atoms with Gasteiger partial charge in [-0.25, -0.2) is 13.1 Å². The van der Waals surface area contributed by atoms with Crippen LogP contribution in [0.5, 0.6) is 5.75 Å². The Kier molecular flexibility index (Phi) is 4.79. The minimum absolute atomic E-state index is 0.0340. The van der Waals surface area contributed by atoms with Gasteiger partial charge in [-0.1, -0.05) is 19.1 Å². The highest BCUT2D eigenvalue weighted by atomic mass is 32.2. The number of nitrogens with one attached hydrogen (secondary N) is 2. The van der Waals surface area contributed by atoms with Gasteiger partial charge in [0.15, 0.2) is 0 Å². The molecule has 0 amide bonds. The summed E-state index contributed by atoms with van der Waals surface area (Å²) in [6.07, 6.45) is 2.03. The summed E-state index contributed by atoms with van der Waals surface area (Å²) < 4.78 is 32.5. The molecular formula is C13H20N2O3S. The van der Waals surface area contributed by atoms with Gasteiger partial charge in [0.05, 0.1) is 0 Å². The number of rotatable bonds is 5. The van der Waals surface area contributed by atoms with Crippen LogP contribution in [0.2, 0.25) is 0 Å². The van der Waals surface area contributed by atoms with E-state index < -0.39 is 10.0 Å². The number of benzene rings is 1. The van der Waals surface area contributed by atoms with E-state index in [1.54, 1.807) is 31.2 Å². The average Bonchev–Trinajstić information content (AvgIpc) is 2.40. The first-order valence-electron chi connectivity index (χ1n) is 6.59. The van der Waals surface area contributed by atoms with Crippen LogP contribution in [0.15, 0.2) is 29.2 Å². The van der Waals surface area contributed by atoms with Crippen molar-refractivity contribution < 1.29 is 13.2 Å². The van der Waals surface area contributed by atoms with Gasteiger partial charge in [-0.3, -0.25) is 0 Å². The first-order valence-corrected chi connectivity index (χ1v) is 8.08. The Bertz CT molecular complexity index is 510. The number of hydrogen-bond donors (Lipinski definition) is 2. The summed E-state index contributed by atoms with van der Waals surface area (Å²) in [5.41, 5.74) is 0. The summed E-state index contributed by atoms with van der Waals surface area (Å²) in [5.74, 6) is 0.428. The monoisotopic (exact) mass is 284 g/mol. The molecule has 1 aromatic carbocycles. The van der Waals surface area contributed by atoms with Crippen LogP contribution in [0.4, 0.5) is 0 Å². The topological polar surface area (TPSA) is 67.4 Å². The smallest absolute Gasteiger partial charge is 0.244 e. The Morgan fingerprint density at radius 2 is 2.21 bits per heavy atom. The van der Waals surface area contributed by atoms with Crippen molar-refractivity contribution in [2.45, 2.75) is 30.8 Å². The summed E-state index contributed by atoms with van der Waals surface area (Å²) in [6, 6.07) is 6.77. The molecule has 6 heteroatoms. The molecule has 0 bridgehead atoms. The highest BCUT2D eigenvalue weighted by Crippen LogP contribution is 2.25. The Hall–Kier alpha value is -1.11. The predicted octanol–water partition coefficient (Wildman–Crippen LogP) is 1.12. The van der Waals surface area contributed by atoms with Gasteiger partial charge in [-0.05, 0) is 31.5 Å². The third-order valence-electron chi connectivity index (χ3n) is 3.02. The molecule has 1 fully saturated rings. The largest absolute Gasteiger partial charge is 0.488 e. The summed E-state index contributed by atoms with van der Waals surface area (Å²) in [4.78, 5) is 0.211. The van der Waals surface area contributed by atoms with E-state index in [1.807, 2.05) is 0 Å². The lowest BCUT2D eigenvalue weighted by Crippen LogP contribution is -2.37. The Labute approximate surface area is 114 Å². The van der Waals surface area contributed by atoms with Crippen molar-refractivity contribution >= 4 is 10.0 Å². The van der Waals surface area contributed by atoms with E-state index in [-0.39, 0.29) is 11.0 Å². The molecular weight excluding hydrogens is 264 g/mol. The molecule has 1 aliphatic rings. The highest BCUT2D eigenvalue weighted by Gasteiger charge is 2.21. The molecule has 1 unspecified atom stereocenters. The number of piperidine rings is 1. The zero-order valence-electron chi connectivity index (χ0n) is 11.1. The Morgan fingerprint density at radius 3 is 2.89 bits per heavy atom. The summed E-state index contributed by atoms with van der Waals surface area (Å²) in [7, 11) is -3.49. The molecule has 1 heterocycles. The molecule has 0 saturated carbocycles. The quantitative estimate of drug-likeness (QED) is 0.850. The maximum atomic E-state index is 12.1. The van der Waals surface area contributed by atoms with Crippen LogP contribution in [-0.2, 0) is 10.0 Å². The van der Waals surface area contributed by atoms with E-state index in [9.17, 15) is 8.42 Å². The lowest BCUT2D eigenvalue weighted by Gasteiger charge is -2.25. The standard InChI is InChI=1S/C13H20N2O3S/c1-2-15-19(16,17)13-8-4-3-7-12(13)18-11-6-5-9-14-10-11/h3-4,7-8,11,14-15H,2,5-6,9-10H2,1H3. The first-order chi connectivity index (χ1) is 9.13. The predicted molar refractivity (Wildman–Crippen MR) is 73.8 cm³/mol. The second kappa shape index (κ2) is 6.36. The molecule has 2 N–H and O–H groups in total. The van der Waals surface area contributed by atoms with Crippen LogP contribution >= 0.6 is 0 Å². The second-order valence-corrected chi connectivity index (χ2v) is 6.27. The number of sulfonamides is 1. The second-order valence-electron chi connectivity index (χ2n) is 4.53. The van der Waals surface area contributed by atoms with Crippen molar-refractivity contribution in [3.8, 4) is 5.75 Å². The van der Waals surface area contributed by atoms with Crippen LogP contribution in [0.25, 0.3) is 0 Å². The fourth-order valence-corrected chi connectivity index (χ4v) is 3.31. The molecule has 0 aliphatic carbocycles. The number of hydrogen-bond acceptors (Lipinski definition) is 4. The van der Waals surface area contributed by atoms with Crippen LogP contribution in [-0.4, -0.2) is 34.2 Å². The normalized spacial score (nSPS) is 20.2. The van der Waals surface area contributed by atoms with Crippen molar-refractivity contribution in [2.24, 2.45) is 0 Å². The van der Waals surface area contributed by atoms with Crippen LogP contribution in [0.1, 0.15) is 19.8 Å². The van der Waals surface area contributed by atoms with E-state index in [0.717, 1.165) is 25.9 Å². The lowest BCUT2D eigenvalue weighted by atomic mass is 10.1. The average molecular weight is 284 g/mol. The van der Waals surface area contributed by atoms with Gasteiger partial charge in [0.2, 0.25) is 10.0 Å². The molecule has 1 atom stereocenters. The van der Waals surface area contributed by atoms with E-state index >= 15 is 0 Å². The van der Waals surface area contributed by atoms with Gasteiger partial charge in [-0.15, -0.1) is 0 Å². The molecule has 106 valence electrons. The minimum Gasteiger partial charge on any atom is -0.488 e. The third-order valence-corrected chi connectivity index (χ3v) is 4.60. The third kappa shape index (κ3) is 3.68. The van der Waals surface area contributed by atoms with Crippen molar-refractivity contribution in [3.63, 3.8) is 0 Å². The van der Waals surface area contributed by atoms with Gasteiger partial charge in [0, 0.05) is 13.1 Å². The summed E-state index contributed by atoms with van der Waals surface area (Å²) >= 11 is 0. The van der Waals surface area contributed by atoms with E-state index in [2.05, 4.69) is 10.0 Å². The van der Waals surface area contributed by atoms with Crippen molar-refractivity contribution in [1.29, 1.82) is 0 Å². The maximum Gasteiger partial charge on any atom is 0.244 e. The fourth-order valence-electron chi connectivity index (χ4n) is 2.14. The molecule has 0 spiro atoms. The Balaban J connectivity index is 2.20. The SMILES string of the molecule is CCNS(=O)(=O)c1ccccc1OC1CCCNC1. The molecule has 1 aliphatic heterocycles. The molecule has 2 rings (SSSR count). The highest BCUT2D eigenvalue weighted by molar-refractivity contribution is 7.89. The van der Waals surface area contributed by atoms with Gasteiger partial charge in [0.1, 0.15) is 16.7 Å². The lowest BCUT2D eigenvalue weighted by molar-refractivity contribution is 0.163. The van der Waals surface area contributed by atoms with Gasteiger partial charge >= 0.3 is 0 Å². The van der Waals surface area contributed by atoms with E-state index in [0.29, 0.717) is 12.3 Å². The van der Waals surface area contributed by atoms with Crippen LogP contribution in [0.3, 0.4) is 0 Å². The summed E-state index contributed by atoms with van der Waals surface area (Å²) in [6.45, 7) is 3.88. The Morgan fingerprint density at radius 1 is 1.42 bits per heavy atom. The van der Waals surface area contributed by atoms with Gasteiger partial charge in [0.25, 0.3) is 0 Å². The molecule has 0 aromatic heterocycles. The molecule has 5 nitrogen and oxygen atoms in total. The molecule has 0 radical (unpaired) electrons. The van der Waals surface area contributed by atoms with Gasteiger partial charge < -0.3 is 10.1 Å². The van der Waals surface area contributed by atoms with Crippen LogP contribution in [0, 0.1) is 0 Å². The molecule has 1 aromatic rings. The number of ether oxygens (including phenoxy) is 1. The first kappa shape index (κ1) is 14.3. The number of para-hydroxylation sites is 1. The molecule has 19 heavy (non-hydrogen) atoms. The van der Waals surface area contributed by atoms with Crippen molar-refractivity contribution in [1.82, 2.24) is 10.0 Å². The van der Waals surface area contributed by atoms with E-state index in [4.69, 9.17) is 4.74 Å². The zero-order valence-corrected chi connectivity index (χ0v) is 11.9. The summed E-state index contributed by atoms with van der Waals surface area (Å²) in [5, 5.41) is 3.25.